The molecule has 0 atom stereocenters. The number of anilines is 2. The highest BCUT2D eigenvalue weighted by Gasteiger charge is 2.23. The van der Waals surface area contributed by atoms with E-state index in [1.54, 1.807) is 24.3 Å². The Bertz CT molecular complexity index is 1110. The number of carbonyl (C=O) groups excluding carboxylic acids is 2. The van der Waals surface area contributed by atoms with Crippen LogP contribution in [0.3, 0.4) is 0 Å². The fraction of sp³-hybridized carbons (Fsp3) is 0.280. The van der Waals surface area contributed by atoms with E-state index in [0.717, 1.165) is 31.5 Å². The normalized spacial score (nSPS) is 14.0. The van der Waals surface area contributed by atoms with Crippen molar-refractivity contribution >= 4 is 23.3 Å². The third-order valence-electron chi connectivity index (χ3n) is 5.68. The van der Waals surface area contributed by atoms with Gasteiger partial charge in [-0.15, -0.1) is 0 Å². The zero-order valence-corrected chi connectivity index (χ0v) is 18.7. The Labute approximate surface area is 193 Å². The van der Waals surface area contributed by atoms with Gasteiger partial charge in [0.05, 0.1) is 11.9 Å². The van der Waals surface area contributed by atoms with Crippen molar-refractivity contribution in [3.05, 3.63) is 72.1 Å². The van der Waals surface area contributed by atoms with Crippen molar-refractivity contribution < 1.29 is 9.59 Å². The molecule has 2 aromatic carbocycles. The van der Waals surface area contributed by atoms with Gasteiger partial charge in [0.2, 0.25) is 0 Å². The third kappa shape index (κ3) is 5.18. The number of rotatable bonds is 6. The summed E-state index contributed by atoms with van der Waals surface area (Å²) < 4.78 is 0. The lowest BCUT2D eigenvalue weighted by atomic mass is 10.1. The molecule has 8 heteroatoms. The molecule has 0 radical (unpaired) electrons. The van der Waals surface area contributed by atoms with Gasteiger partial charge in [0.15, 0.2) is 11.5 Å². The second-order valence-corrected chi connectivity index (χ2v) is 7.92. The number of hydrogen-bond donors (Lipinski definition) is 2. The van der Waals surface area contributed by atoms with Crippen molar-refractivity contribution in [3.8, 4) is 11.3 Å². The van der Waals surface area contributed by atoms with Gasteiger partial charge < -0.3 is 11.1 Å². The van der Waals surface area contributed by atoms with Gasteiger partial charge in [-0.2, -0.15) is 0 Å². The molecule has 3 aromatic rings. The van der Waals surface area contributed by atoms with Crippen LogP contribution in [-0.2, 0) is 0 Å². The van der Waals surface area contributed by atoms with Crippen molar-refractivity contribution in [2.24, 2.45) is 0 Å². The number of para-hydroxylation sites is 1. The standard InChI is InChI=1S/C25H28N6O2/c1-2-31(30-15-7-4-8-16-30)25(33)19-13-11-18(12-14-19)21-17-27-23(26)22(29-21)24(32)28-20-9-5-3-6-10-20/h3,5-6,9-14,17H,2,4,7-8,15-16H2,1H3,(H2,26,27)(H,28,32). The molecule has 170 valence electrons. The fourth-order valence-corrected chi connectivity index (χ4v) is 3.94. The van der Waals surface area contributed by atoms with Crippen LogP contribution in [0.25, 0.3) is 11.3 Å². The van der Waals surface area contributed by atoms with Gasteiger partial charge in [-0.1, -0.05) is 36.8 Å². The maximum absolute atomic E-state index is 13.1. The fourth-order valence-electron chi connectivity index (χ4n) is 3.94. The lowest BCUT2D eigenvalue weighted by Gasteiger charge is -2.36. The molecule has 0 aliphatic carbocycles. The summed E-state index contributed by atoms with van der Waals surface area (Å²) in [5.41, 5.74) is 8.47. The van der Waals surface area contributed by atoms with E-state index < -0.39 is 5.91 Å². The summed E-state index contributed by atoms with van der Waals surface area (Å²) in [5, 5.41) is 6.74. The number of hydrazine groups is 1. The molecule has 0 bridgehead atoms. The summed E-state index contributed by atoms with van der Waals surface area (Å²) in [6.07, 6.45) is 4.96. The van der Waals surface area contributed by atoms with E-state index in [-0.39, 0.29) is 17.4 Å². The second-order valence-electron chi connectivity index (χ2n) is 7.92. The minimum absolute atomic E-state index is 0.0164. The largest absolute Gasteiger partial charge is 0.382 e. The van der Waals surface area contributed by atoms with Crippen molar-refractivity contribution in [2.45, 2.75) is 26.2 Å². The highest BCUT2D eigenvalue weighted by atomic mass is 16.2. The molecular formula is C25H28N6O2. The van der Waals surface area contributed by atoms with E-state index in [9.17, 15) is 9.59 Å². The molecule has 3 N–H and O–H groups in total. The number of nitrogens with two attached hydrogens (primary N) is 1. The van der Waals surface area contributed by atoms with Crippen LogP contribution >= 0.6 is 0 Å². The third-order valence-corrected chi connectivity index (χ3v) is 5.68. The van der Waals surface area contributed by atoms with Crippen LogP contribution in [0.1, 0.15) is 47.0 Å². The zero-order chi connectivity index (χ0) is 23.2. The van der Waals surface area contributed by atoms with Gasteiger partial charge in [0.25, 0.3) is 11.8 Å². The van der Waals surface area contributed by atoms with E-state index in [0.29, 0.717) is 23.5 Å². The average molecular weight is 445 g/mol. The molecule has 1 fully saturated rings. The predicted octanol–water partition coefficient (Wildman–Crippen LogP) is 3.84. The number of carbonyl (C=O) groups is 2. The molecule has 1 saturated heterocycles. The van der Waals surface area contributed by atoms with Gasteiger partial charge in [-0.3, -0.25) is 14.6 Å². The average Bonchev–Trinajstić information content (AvgIpc) is 2.86. The quantitative estimate of drug-likeness (QED) is 0.599. The van der Waals surface area contributed by atoms with Crippen LogP contribution in [0.2, 0.25) is 0 Å². The van der Waals surface area contributed by atoms with Crippen molar-refractivity contribution in [2.75, 3.05) is 30.7 Å². The molecule has 1 aliphatic heterocycles. The van der Waals surface area contributed by atoms with Crippen molar-refractivity contribution in [3.63, 3.8) is 0 Å². The molecule has 0 saturated carbocycles. The van der Waals surface area contributed by atoms with Crippen LogP contribution in [0.5, 0.6) is 0 Å². The Morgan fingerprint density at radius 3 is 2.39 bits per heavy atom. The minimum atomic E-state index is -0.431. The van der Waals surface area contributed by atoms with Gasteiger partial charge in [0.1, 0.15) is 0 Å². The molecule has 2 heterocycles. The Hall–Kier alpha value is -3.78. The van der Waals surface area contributed by atoms with E-state index in [4.69, 9.17) is 5.73 Å². The Balaban J connectivity index is 1.52. The highest BCUT2D eigenvalue weighted by Crippen LogP contribution is 2.21. The van der Waals surface area contributed by atoms with Crippen LogP contribution < -0.4 is 11.1 Å². The van der Waals surface area contributed by atoms with Crippen LogP contribution in [0, 0.1) is 0 Å². The van der Waals surface area contributed by atoms with E-state index in [1.807, 2.05) is 42.3 Å². The number of nitrogen functional groups attached to an aromatic ring is 1. The SMILES string of the molecule is CCN(C(=O)c1ccc(-c2cnc(N)c(C(=O)Nc3ccccc3)n2)cc1)N1CCCCC1. The van der Waals surface area contributed by atoms with Crippen LogP contribution in [0.15, 0.2) is 60.8 Å². The number of nitrogens with zero attached hydrogens (tertiary/aromatic N) is 4. The Morgan fingerprint density at radius 1 is 1.03 bits per heavy atom. The summed E-state index contributed by atoms with van der Waals surface area (Å²) in [6.45, 7) is 4.44. The lowest BCUT2D eigenvalue weighted by molar-refractivity contribution is -0.0181. The highest BCUT2D eigenvalue weighted by molar-refractivity contribution is 6.06. The molecule has 0 spiro atoms. The van der Waals surface area contributed by atoms with Crippen molar-refractivity contribution in [1.29, 1.82) is 0 Å². The maximum Gasteiger partial charge on any atom is 0.278 e. The minimum Gasteiger partial charge on any atom is -0.382 e. The Morgan fingerprint density at radius 2 is 1.73 bits per heavy atom. The summed E-state index contributed by atoms with van der Waals surface area (Å²) in [7, 11) is 0. The molecule has 2 amide bonds. The molecule has 1 aliphatic rings. The summed E-state index contributed by atoms with van der Waals surface area (Å²) in [6, 6.07) is 16.3. The van der Waals surface area contributed by atoms with E-state index >= 15 is 0 Å². The maximum atomic E-state index is 13.1. The smallest absolute Gasteiger partial charge is 0.278 e. The first kappa shape index (κ1) is 22.4. The zero-order valence-electron chi connectivity index (χ0n) is 18.7. The molecule has 4 rings (SSSR count). The number of aromatic nitrogens is 2. The molecule has 0 unspecified atom stereocenters. The molecule has 1 aromatic heterocycles. The van der Waals surface area contributed by atoms with Gasteiger partial charge in [-0.25, -0.2) is 15.0 Å². The monoisotopic (exact) mass is 444 g/mol. The van der Waals surface area contributed by atoms with Crippen molar-refractivity contribution in [1.82, 2.24) is 20.0 Å². The Kier molecular flexibility index (Phi) is 6.95. The molecule has 8 nitrogen and oxygen atoms in total. The number of nitrogens with one attached hydrogen (secondary N) is 1. The first-order valence-corrected chi connectivity index (χ1v) is 11.2. The number of benzene rings is 2. The first-order chi connectivity index (χ1) is 16.1. The van der Waals surface area contributed by atoms with E-state index in [2.05, 4.69) is 20.3 Å². The first-order valence-electron chi connectivity index (χ1n) is 11.2. The lowest BCUT2D eigenvalue weighted by Crippen LogP contribution is -2.48. The number of piperidine rings is 1. The predicted molar refractivity (Wildman–Crippen MR) is 128 cm³/mol. The summed E-state index contributed by atoms with van der Waals surface area (Å²) >= 11 is 0. The van der Waals surface area contributed by atoms with Crippen LogP contribution in [-0.4, -0.2) is 51.4 Å². The van der Waals surface area contributed by atoms with Crippen LogP contribution in [0.4, 0.5) is 11.5 Å². The summed E-state index contributed by atoms with van der Waals surface area (Å²) in [4.78, 5) is 34.3. The topological polar surface area (TPSA) is 104 Å². The van der Waals surface area contributed by atoms with Gasteiger partial charge in [-0.05, 0) is 44.0 Å². The van der Waals surface area contributed by atoms with E-state index in [1.165, 1.54) is 12.6 Å². The van der Waals surface area contributed by atoms with Gasteiger partial charge >= 0.3 is 0 Å². The summed E-state index contributed by atoms with van der Waals surface area (Å²) in [5.74, 6) is -0.392. The molecule has 33 heavy (non-hydrogen) atoms. The molecular weight excluding hydrogens is 416 g/mol. The number of hydrogen-bond acceptors (Lipinski definition) is 6. The number of amides is 2. The van der Waals surface area contributed by atoms with Gasteiger partial charge in [0, 0.05) is 36.4 Å². The second kappa shape index (κ2) is 10.2.